The van der Waals surface area contributed by atoms with Crippen molar-refractivity contribution in [3.05, 3.63) is 17.5 Å². The van der Waals surface area contributed by atoms with Gasteiger partial charge in [0.2, 0.25) is 5.95 Å². The van der Waals surface area contributed by atoms with E-state index in [2.05, 4.69) is 15.3 Å². The first kappa shape index (κ1) is 11.0. The third kappa shape index (κ3) is 2.43. The largest absolute Gasteiger partial charge is 0.402 e. The van der Waals surface area contributed by atoms with Gasteiger partial charge in [-0.05, 0) is 6.92 Å². The maximum atomic E-state index is 7.24. The van der Waals surface area contributed by atoms with Crippen molar-refractivity contribution in [1.82, 2.24) is 9.97 Å². The van der Waals surface area contributed by atoms with Gasteiger partial charge in [-0.3, -0.25) is 0 Å². The van der Waals surface area contributed by atoms with E-state index in [1.54, 1.807) is 20.0 Å². The van der Waals surface area contributed by atoms with Crippen molar-refractivity contribution >= 4 is 23.6 Å². The average Bonchev–Trinajstić information content (AvgIpc) is 2.17. The Hall–Kier alpha value is -2.11. The summed E-state index contributed by atoms with van der Waals surface area (Å²) in [5.74, 6) is 0.746. The van der Waals surface area contributed by atoms with E-state index < -0.39 is 0 Å². The summed E-state index contributed by atoms with van der Waals surface area (Å²) in [6.07, 6.45) is 1.15. The summed E-state index contributed by atoms with van der Waals surface area (Å²) in [5, 5.41) is 10.1. The van der Waals surface area contributed by atoms with Crippen molar-refractivity contribution in [2.45, 2.75) is 6.92 Å². The van der Waals surface area contributed by atoms with Gasteiger partial charge >= 0.3 is 0 Å². The number of rotatable bonds is 3. The monoisotopic (exact) mass is 206 g/mol. The fourth-order valence-electron chi connectivity index (χ4n) is 1.12. The number of nitrogen functional groups attached to an aromatic ring is 1. The summed E-state index contributed by atoms with van der Waals surface area (Å²) in [6.45, 7) is 1.71. The van der Waals surface area contributed by atoms with E-state index in [9.17, 15) is 0 Å². The first-order valence-corrected chi connectivity index (χ1v) is 4.38. The Labute approximate surface area is 87.9 Å². The molecular formula is C9H14N6. The number of aromatic nitrogens is 2. The van der Waals surface area contributed by atoms with Crippen LogP contribution in [0.15, 0.2) is 11.8 Å². The summed E-state index contributed by atoms with van der Waals surface area (Å²) in [4.78, 5) is 7.96. The predicted molar refractivity (Wildman–Crippen MR) is 61.6 cm³/mol. The van der Waals surface area contributed by atoms with Crippen LogP contribution in [0.4, 0.5) is 11.8 Å². The molecule has 15 heavy (non-hydrogen) atoms. The van der Waals surface area contributed by atoms with E-state index >= 15 is 0 Å². The summed E-state index contributed by atoms with van der Waals surface area (Å²) < 4.78 is 0. The standard InChI is InChI=1S/C9H14N6/c1-5(11)6(4-10)7-3-8(13-2)15-9(12)14-7/h3-4,10H,11H2,1-2H3,(H3,12,13,14,15). The van der Waals surface area contributed by atoms with Crippen LogP contribution in [0.1, 0.15) is 12.6 Å². The van der Waals surface area contributed by atoms with Gasteiger partial charge in [-0.2, -0.15) is 4.98 Å². The molecule has 0 atom stereocenters. The minimum atomic E-state index is 0.150. The molecule has 0 fully saturated rings. The van der Waals surface area contributed by atoms with Gasteiger partial charge < -0.3 is 22.2 Å². The van der Waals surface area contributed by atoms with Crippen LogP contribution >= 0.6 is 0 Å². The molecule has 1 aromatic rings. The topological polar surface area (TPSA) is 114 Å². The fraction of sp³-hybridized carbons (Fsp3) is 0.222. The Kier molecular flexibility index (Phi) is 3.22. The second-order valence-corrected chi connectivity index (χ2v) is 2.99. The zero-order valence-corrected chi connectivity index (χ0v) is 8.70. The lowest BCUT2D eigenvalue weighted by molar-refractivity contribution is 1.15. The number of anilines is 2. The Bertz CT molecular complexity index is 405. The second-order valence-electron chi connectivity index (χ2n) is 2.99. The molecule has 0 spiro atoms. The normalized spacial score (nSPS) is 11.9. The zero-order chi connectivity index (χ0) is 11.4. The number of nitrogens with zero attached hydrogens (tertiary/aromatic N) is 2. The third-order valence-corrected chi connectivity index (χ3v) is 1.84. The number of hydrogen-bond donors (Lipinski definition) is 4. The predicted octanol–water partition coefficient (Wildman–Crippen LogP) is 0.440. The molecule has 0 saturated heterocycles. The molecule has 0 aliphatic rings. The molecule has 0 unspecified atom stereocenters. The molecule has 1 aromatic heterocycles. The van der Waals surface area contributed by atoms with Crippen LogP contribution in [-0.2, 0) is 0 Å². The van der Waals surface area contributed by atoms with E-state index in [4.69, 9.17) is 16.9 Å². The molecule has 0 bridgehead atoms. The molecule has 6 nitrogen and oxygen atoms in total. The average molecular weight is 206 g/mol. The number of allylic oxidation sites excluding steroid dienone is 2. The van der Waals surface area contributed by atoms with Crippen LogP contribution in [0.2, 0.25) is 0 Å². The number of nitrogens with two attached hydrogens (primary N) is 2. The van der Waals surface area contributed by atoms with Gasteiger partial charge in [0.25, 0.3) is 0 Å². The van der Waals surface area contributed by atoms with Crippen LogP contribution in [0.5, 0.6) is 0 Å². The highest BCUT2D eigenvalue weighted by Crippen LogP contribution is 2.16. The molecule has 6 N–H and O–H groups in total. The van der Waals surface area contributed by atoms with Gasteiger partial charge in [-0.1, -0.05) is 0 Å². The second kappa shape index (κ2) is 4.41. The lowest BCUT2D eigenvalue weighted by atomic mass is 10.1. The summed E-state index contributed by atoms with van der Waals surface area (Å²) in [5.41, 5.74) is 12.8. The van der Waals surface area contributed by atoms with Gasteiger partial charge in [0.15, 0.2) is 0 Å². The van der Waals surface area contributed by atoms with E-state index in [-0.39, 0.29) is 5.95 Å². The van der Waals surface area contributed by atoms with Gasteiger partial charge in [0.05, 0.1) is 5.69 Å². The van der Waals surface area contributed by atoms with E-state index in [1.807, 2.05) is 0 Å². The Morgan fingerprint density at radius 3 is 2.67 bits per heavy atom. The molecule has 1 rings (SSSR count). The highest BCUT2D eigenvalue weighted by atomic mass is 15.1. The van der Waals surface area contributed by atoms with Crippen LogP contribution in [0.3, 0.4) is 0 Å². The maximum Gasteiger partial charge on any atom is 0.222 e. The molecule has 0 aliphatic carbocycles. The fourth-order valence-corrected chi connectivity index (χ4v) is 1.12. The maximum absolute atomic E-state index is 7.24. The van der Waals surface area contributed by atoms with Crippen molar-refractivity contribution in [2.75, 3.05) is 18.1 Å². The van der Waals surface area contributed by atoms with Crippen molar-refractivity contribution in [3.63, 3.8) is 0 Å². The highest BCUT2D eigenvalue weighted by Gasteiger charge is 2.06. The Balaban J connectivity index is 3.31. The summed E-state index contributed by atoms with van der Waals surface area (Å²) >= 11 is 0. The molecule has 6 heteroatoms. The minimum absolute atomic E-state index is 0.150. The van der Waals surface area contributed by atoms with Gasteiger partial charge in [0.1, 0.15) is 5.82 Å². The lowest BCUT2D eigenvalue weighted by Gasteiger charge is -2.06. The first-order chi connectivity index (χ1) is 7.08. The molecule has 0 saturated carbocycles. The van der Waals surface area contributed by atoms with Crippen LogP contribution in [0, 0.1) is 5.41 Å². The summed E-state index contributed by atoms with van der Waals surface area (Å²) in [7, 11) is 1.73. The third-order valence-electron chi connectivity index (χ3n) is 1.84. The van der Waals surface area contributed by atoms with Crippen molar-refractivity contribution in [3.8, 4) is 0 Å². The van der Waals surface area contributed by atoms with E-state index in [1.165, 1.54) is 0 Å². The molecule has 0 aliphatic heterocycles. The first-order valence-electron chi connectivity index (χ1n) is 4.38. The quantitative estimate of drug-likeness (QED) is 0.536. The Morgan fingerprint density at radius 1 is 1.53 bits per heavy atom. The molecule has 0 radical (unpaired) electrons. The van der Waals surface area contributed by atoms with Gasteiger partial charge in [-0.15, -0.1) is 0 Å². The molecule has 0 amide bonds. The SMILES string of the molecule is CNc1cc(C(C=N)=C(C)N)nc(N)n1. The highest BCUT2D eigenvalue weighted by molar-refractivity contribution is 6.08. The van der Waals surface area contributed by atoms with Crippen LogP contribution < -0.4 is 16.8 Å². The van der Waals surface area contributed by atoms with Crippen molar-refractivity contribution in [2.24, 2.45) is 5.73 Å². The van der Waals surface area contributed by atoms with Crippen LogP contribution in [-0.4, -0.2) is 23.2 Å². The van der Waals surface area contributed by atoms with Gasteiger partial charge in [0, 0.05) is 30.6 Å². The summed E-state index contributed by atoms with van der Waals surface area (Å²) in [6, 6.07) is 1.69. The molecule has 1 heterocycles. The van der Waals surface area contributed by atoms with Crippen molar-refractivity contribution < 1.29 is 0 Å². The lowest BCUT2D eigenvalue weighted by Crippen LogP contribution is -2.06. The zero-order valence-electron chi connectivity index (χ0n) is 8.70. The molecule has 80 valence electrons. The van der Waals surface area contributed by atoms with E-state index in [0.717, 1.165) is 6.21 Å². The minimum Gasteiger partial charge on any atom is -0.402 e. The van der Waals surface area contributed by atoms with Crippen molar-refractivity contribution in [1.29, 1.82) is 5.41 Å². The number of hydrogen-bond acceptors (Lipinski definition) is 6. The number of nitrogens with one attached hydrogen (secondary N) is 2. The molecule has 0 aromatic carbocycles. The molecular weight excluding hydrogens is 192 g/mol. The van der Waals surface area contributed by atoms with E-state index in [0.29, 0.717) is 22.8 Å². The smallest absolute Gasteiger partial charge is 0.222 e. The van der Waals surface area contributed by atoms with Crippen LogP contribution in [0.25, 0.3) is 5.57 Å². The van der Waals surface area contributed by atoms with Gasteiger partial charge in [-0.25, -0.2) is 4.98 Å². The Morgan fingerprint density at radius 2 is 2.20 bits per heavy atom.